The Morgan fingerprint density at radius 2 is 1.12 bits per heavy atom. The van der Waals surface area contributed by atoms with Crippen molar-refractivity contribution in [3.8, 4) is 0 Å². The van der Waals surface area contributed by atoms with E-state index < -0.39 is 38.6 Å². The zero-order valence-corrected chi connectivity index (χ0v) is 32.7. The van der Waals surface area contributed by atoms with Gasteiger partial charge in [-0.1, -0.05) is 180 Å². The summed E-state index contributed by atoms with van der Waals surface area (Å²) in [6.07, 6.45) is 34.4. The van der Waals surface area contributed by atoms with E-state index in [9.17, 15) is 24.5 Å². The molecule has 0 aromatic heterocycles. The summed E-state index contributed by atoms with van der Waals surface area (Å²) in [5.74, 6) is -0.445. The maximum atomic E-state index is 12.8. The molecule has 0 fully saturated rings. The molecule has 292 valence electrons. The van der Waals surface area contributed by atoms with E-state index in [1.807, 2.05) is 6.08 Å². The number of phosphoric ester groups is 1. The van der Waals surface area contributed by atoms with Crippen LogP contribution in [-0.2, 0) is 18.4 Å². The third-order valence-corrected chi connectivity index (χ3v) is 10.2. The molecule has 0 aromatic carbocycles. The maximum Gasteiger partial charge on any atom is 0.472 e. The minimum absolute atomic E-state index is 0.0512. The van der Waals surface area contributed by atoms with Gasteiger partial charge in [-0.15, -0.1) is 0 Å². The fourth-order valence-electron chi connectivity index (χ4n) is 6.06. The van der Waals surface area contributed by atoms with Crippen LogP contribution in [-0.4, -0.2) is 59.0 Å². The molecular weight excluding hydrogens is 639 g/mol. The van der Waals surface area contributed by atoms with Crippen molar-refractivity contribution in [2.24, 2.45) is 5.73 Å². The number of nitrogens with one attached hydrogen (secondary N) is 1. The number of aliphatic hydroxyl groups is 2. The molecule has 0 spiro atoms. The smallest absolute Gasteiger partial charge is 0.393 e. The standard InChI is InChI=1S/C39H79N2O7P/c1-3-5-7-9-11-13-15-16-17-18-19-21-22-24-26-28-30-36(42)34-39(44)41-37(35-48-49(45,46)47-33-32-40)38(43)31-29-27-25-23-20-14-12-10-8-6-4-2/h29,31,36-38,42-43H,3-28,30,32-35,40H2,1-2H3,(H,41,44)(H,45,46)/b31-29+. The highest BCUT2D eigenvalue weighted by molar-refractivity contribution is 7.47. The summed E-state index contributed by atoms with van der Waals surface area (Å²) in [5, 5.41) is 23.9. The molecule has 9 nitrogen and oxygen atoms in total. The number of hydrogen-bond donors (Lipinski definition) is 5. The number of hydrogen-bond acceptors (Lipinski definition) is 7. The minimum atomic E-state index is -4.39. The van der Waals surface area contributed by atoms with Crippen LogP contribution < -0.4 is 11.1 Å². The van der Waals surface area contributed by atoms with E-state index in [2.05, 4.69) is 19.2 Å². The van der Waals surface area contributed by atoms with Crippen molar-refractivity contribution in [1.29, 1.82) is 0 Å². The molecule has 6 N–H and O–H groups in total. The van der Waals surface area contributed by atoms with E-state index >= 15 is 0 Å². The Morgan fingerprint density at radius 3 is 1.57 bits per heavy atom. The molecule has 0 radical (unpaired) electrons. The minimum Gasteiger partial charge on any atom is -0.393 e. The third-order valence-electron chi connectivity index (χ3n) is 9.17. The van der Waals surface area contributed by atoms with Gasteiger partial charge in [-0.2, -0.15) is 0 Å². The highest BCUT2D eigenvalue weighted by atomic mass is 31.2. The topological polar surface area (TPSA) is 151 Å². The summed E-state index contributed by atoms with van der Waals surface area (Å²) in [6.45, 7) is 3.96. The molecule has 0 aliphatic heterocycles. The number of unbranched alkanes of at least 4 members (excludes halogenated alkanes) is 24. The fraction of sp³-hybridized carbons (Fsp3) is 0.923. The van der Waals surface area contributed by atoms with Crippen molar-refractivity contribution < 1.29 is 33.5 Å². The Hall–Kier alpha value is -0.800. The van der Waals surface area contributed by atoms with Crippen LogP contribution in [0.4, 0.5) is 0 Å². The normalized spacial score (nSPS) is 15.0. The number of phosphoric acid groups is 1. The van der Waals surface area contributed by atoms with Crippen LogP contribution in [0.1, 0.15) is 194 Å². The van der Waals surface area contributed by atoms with Gasteiger partial charge in [0.25, 0.3) is 0 Å². The maximum absolute atomic E-state index is 12.8. The molecule has 49 heavy (non-hydrogen) atoms. The van der Waals surface area contributed by atoms with E-state index in [0.29, 0.717) is 6.42 Å². The number of rotatable bonds is 38. The van der Waals surface area contributed by atoms with E-state index in [-0.39, 0.29) is 19.6 Å². The van der Waals surface area contributed by atoms with Gasteiger partial charge in [0.05, 0.1) is 37.9 Å². The first-order chi connectivity index (χ1) is 23.8. The van der Waals surface area contributed by atoms with Crippen molar-refractivity contribution >= 4 is 13.7 Å². The molecule has 0 aliphatic rings. The number of aliphatic hydroxyl groups excluding tert-OH is 2. The van der Waals surface area contributed by atoms with E-state index in [1.165, 1.54) is 128 Å². The van der Waals surface area contributed by atoms with Gasteiger partial charge in [-0.05, 0) is 19.3 Å². The molecule has 0 saturated carbocycles. The fourth-order valence-corrected chi connectivity index (χ4v) is 6.82. The van der Waals surface area contributed by atoms with Crippen LogP contribution in [0.5, 0.6) is 0 Å². The van der Waals surface area contributed by atoms with Gasteiger partial charge in [-0.3, -0.25) is 13.8 Å². The van der Waals surface area contributed by atoms with Crippen LogP contribution in [0.15, 0.2) is 12.2 Å². The van der Waals surface area contributed by atoms with Crippen molar-refractivity contribution in [2.45, 2.75) is 212 Å². The zero-order chi connectivity index (χ0) is 36.3. The molecule has 1 amide bonds. The first-order valence-corrected chi connectivity index (χ1v) is 21.9. The molecular formula is C39H79N2O7P. The number of carbonyl (C=O) groups is 1. The third kappa shape index (κ3) is 34.1. The molecule has 10 heteroatoms. The second kappa shape index (κ2) is 35.6. The van der Waals surface area contributed by atoms with Gasteiger partial charge in [0.2, 0.25) is 5.91 Å². The van der Waals surface area contributed by atoms with Crippen LogP contribution >= 0.6 is 7.82 Å². The van der Waals surface area contributed by atoms with Crippen LogP contribution in [0.25, 0.3) is 0 Å². The van der Waals surface area contributed by atoms with Gasteiger partial charge >= 0.3 is 7.82 Å². The Bertz CT molecular complexity index is 801. The number of carbonyl (C=O) groups excluding carboxylic acids is 1. The largest absolute Gasteiger partial charge is 0.472 e. The van der Waals surface area contributed by atoms with Crippen molar-refractivity contribution in [3.63, 3.8) is 0 Å². The summed E-state index contributed by atoms with van der Waals surface area (Å²) >= 11 is 0. The molecule has 0 rings (SSSR count). The van der Waals surface area contributed by atoms with E-state index in [0.717, 1.165) is 38.5 Å². The lowest BCUT2D eigenvalue weighted by atomic mass is 10.0. The first-order valence-electron chi connectivity index (χ1n) is 20.4. The van der Waals surface area contributed by atoms with Crippen LogP contribution in [0, 0.1) is 0 Å². The molecule has 4 unspecified atom stereocenters. The quantitative estimate of drug-likeness (QED) is 0.0240. The Balaban J connectivity index is 4.30. The number of allylic oxidation sites excluding steroid dienone is 1. The average Bonchev–Trinajstić information content (AvgIpc) is 3.07. The lowest BCUT2D eigenvalue weighted by Crippen LogP contribution is -2.46. The second-order valence-corrected chi connectivity index (χ2v) is 15.5. The summed E-state index contributed by atoms with van der Waals surface area (Å²) in [5.41, 5.74) is 5.35. The molecule has 0 saturated heterocycles. The Kier molecular flexibility index (Phi) is 35.0. The highest BCUT2D eigenvalue weighted by Gasteiger charge is 2.27. The van der Waals surface area contributed by atoms with Gasteiger partial charge in [0.15, 0.2) is 0 Å². The SMILES string of the molecule is CCCCCCCCCCC/C=C/C(O)C(COP(=O)(O)OCCN)NC(=O)CC(O)CCCCCCCCCCCCCCCCCC. The zero-order valence-electron chi connectivity index (χ0n) is 31.8. The van der Waals surface area contributed by atoms with E-state index in [4.69, 9.17) is 14.8 Å². The number of nitrogens with two attached hydrogens (primary N) is 1. The molecule has 0 aromatic rings. The Morgan fingerprint density at radius 1 is 0.694 bits per heavy atom. The predicted octanol–water partition coefficient (Wildman–Crippen LogP) is 9.80. The lowest BCUT2D eigenvalue weighted by molar-refractivity contribution is -0.124. The molecule has 4 atom stereocenters. The summed E-state index contributed by atoms with van der Waals surface area (Å²) in [7, 11) is -4.39. The van der Waals surface area contributed by atoms with Gasteiger partial charge < -0.3 is 26.2 Å². The van der Waals surface area contributed by atoms with Gasteiger partial charge in [-0.25, -0.2) is 4.57 Å². The Labute approximate surface area is 301 Å². The van der Waals surface area contributed by atoms with Crippen molar-refractivity contribution in [3.05, 3.63) is 12.2 Å². The molecule has 0 aliphatic carbocycles. The molecule has 0 heterocycles. The predicted molar refractivity (Wildman–Crippen MR) is 204 cm³/mol. The lowest BCUT2D eigenvalue weighted by Gasteiger charge is -2.24. The molecule has 0 bridgehead atoms. The van der Waals surface area contributed by atoms with Crippen molar-refractivity contribution in [1.82, 2.24) is 5.32 Å². The highest BCUT2D eigenvalue weighted by Crippen LogP contribution is 2.43. The van der Waals surface area contributed by atoms with Gasteiger partial charge in [0, 0.05) is 6.54 Å². The summed E-state index contributed by atoms with van der Waals surface area (Å²) < 4.78 is 22.0. The van der Waals surface area contributed by atoms with Crippen LogP contribution in [0.2, 0.25) is 0 Å². The average molecular weight is 719 g/mol. The summed E-state index contributed by atoms with van der Waals surface area (Å²) in [6, 6.07) is -0.975. The summed E-state index contributed by atoms with van der Waals surface area (Å²) in [4.78, 5) is 22.7. The van der Waals surface area contributed by atoms with Gasteiger partial charge in [0.1, 0.15) is 0 Å². The monoisotopic (exact) mass is 719 g/mol. The van der Waals surface area contributed by atoms with E-state index in [1.54, 1.807) is 6.08 Å². The number of amides is 1. The van der Waals surface area contributed by atoms with Crippen molar-refractivity contribution in [2.75, 3.05) is 19.8 Å². The first kappa shape index (κ1) is 48.2. The van der Waals surface area contributed by atoms with Crippen LogP contribution in [0.3, 0.4) is 0 Å². The second-order valence-electron chi connectivity index (χ2n) is 14.0.